The Kier molecular flexibility index (Phi) is 4.99. The number of imidazole rings is 1. The number of rotatable bonds is 6. The van der Waals surface area contributed by atoms with Gasteiger partial charge >= 0.3 is 0 Å². The van der Waals surface area contributed by atoms with Gasteiger partial charge < -0.3 is 15.2 Å². The van der Waals surface area contributed by atoms with Crippen LogP contribution in [0, 0.1) is 5.92 Å². The minimum absolute atomic E-state index is 0.145. The number of nitrogens with two attached hydrogens (primary N) is 1. The smallest absolute Gasteiger partial charge is 0.169 e. The number of benzene rings is 1. The minimum Gasteiger partial charge on any atom is -0.382 e. The highest BCUT2D eigenvalue weighted by molar-refractivity contribution is 5.81. The van der Waals surface area contributed by atoms with E-state index in [0.29, 0.717) is 11.2 Å². The van der Waals surface area contributed by atoms with Crippen molar-refractivity contribution in [3.05, 3.63) is 48.5 Å². The largest absolute Gasteiger partial charge is 0.382 e. The number of halogens is 1. The van der Waals surface area contributed by atoms with Crippen molar-refractivity contribution >= 4 is 17.0 Å². The zero-order chi connectivity index (χ0) is 19.7. The number of hydrogen-bond acceptors (Lipinski definition) is 6. The molecule has 1 aliphatic heterocycles. The van der Waals surface area contributed by atoms with Gasteiger partial charge in [-0.3, -0.25) is 4.57 Å². The van der Waals surface area contributed by atoms with Crippen LogP contribution in [0.15, 0.2) is 43.0 Å². The Balaban J connectivity index is 1.75. The predicted molar refractivity (Wildman–Crippen MR) is 103 cm³/mol. The van der Waals surface area contributed by atoms with Gasteiger partial charge in [0, 0.05) is 5.92 Å². The highest BCUT2D eigenvalue weighted by Gasteiger charge is 2.56. The van der Waals surface area contributed by atoms with Crippen molar-refractivity contribution in [3.8, 4) is 0 Å². The topological polar surface area (TPSA) is 88.1 Å². The van der Waals surface area contributed by atoms with Gasteiger partial charge in [0.05, 0.1) is 19.0 Å². The SMILES string of the molecule is CC[C@H]1O[C@@H](n2cnc3c(N)ncnc32)[C@](CF)(OCc2ccccc2)[C@@H]1C. The Hall–Kier alpha value is -2.58. The van der Waals surface area contributed by atoms with Gasteiger partial charge in [-0.05, 0) is 12.0 Å². The number of nitrogen functional groups attached to an aromatic ring is 1. The molecule has 4 rings (SSSR count). The molecule has 2 aromatic heterocycles. The van der Waals surface area contributed by atoms with Gasteiger partial charge in [0.2, 0.25) is 0 Å². The van der Waals surface area contributed by atoms with Crippen molar-refractivity contribution in [2.75, 3.05) is 12.4 Å². The molecule has 4 atom stereocenters. The number of anilines is 1. The van der Waals surface area contributed by atoms with E-state index in [1.54, 1.807) is 10.9 Å². The summed E-state index contributed by atoms with van der Waals surface area (Å²) in [5.74, 6) is 0.116. The Morgan fingerprint density at radius 1 is 1.25 bits per heavy atom. The van der Waals surface area contributed by atoms with Gasteiger partial charge in [-0.15, -0.1) is 0 Å². The molecule has 7 nitrogen and oxygen atoms in total. The molecule has 2 N–H and O–H groups in total. The summed E-state index contributed by atoms with van der Waals surface area (Å²) >= 11 is 0. The van der Waals surface area contributed by atoms with Crippen LogP contribution in [0.3, 0.4) is 0 Å². The van der Waals surface area contributed by atoms with Crippen molar-refractivity contribution in [2.24, 2.45) is 5.92 Å². The van der Waals surface area contributed by atoms with E-state index in [9.17, 15) is 4.39 Å². The molecule has 0 amide bonds. The molecule has 1 aromatic carbocycles. The lowest BCUT2D eigenvalue weighted by Crippen LogP contribution is -2.46. The first-order valence-electron chi connectivity index (χ1n) is 9.43. The Morgan fingerprint density at radius 2 is 2.04 bits per heavy atom. The first-order valence-corrected chi connectivity index (χ1v) is 9.43. The Morgan fingerprint density at radius 3 is 2.75 bits per heavy atom. The molecular formula is C20H24FN5O2. The van der Waals surface area contributed by atoms with Crippen LogP contribution in [0.5, 0.6) is 0 Å². The summed E-state index contributed by atoms with van der Waals surface area (Å²) < 4.78 is 28.9. The van der Waals surface area contributed by atoms with Crippen LogP contribution in [0.4, 0.5) is 10.2 Å². The molecule has 3 heterocycles. The molecule has 0 aliphatic carbocycles. The second-order valence-corrected chi connectivity index (χ2v) is 7.17. The maximum absolute atomic E-state index is 14.6. The molecule has 0 bridgehead atoms. The summed E-state index contributed by atoms with van der Waals surface area (Å²) in [6, 6.07) is 9.72. The normalized spacial score (nSPS) is 27.5. The average molecular weight is 385 g/mol. The second kappa shape index (κ2) is 7.44. The van der Waals surface area contributed by atoms with E-state index in [1.807, 2.05) is 44.2 Å². The summed E-state index contributed by atoms with van der Waals surface area (Å²) in [5, 5.41) is 0. The molecule has 0 radical (unpaired) electrons. The highest BCUT2D eigenvalue weighted by atomic mass is 19.1. The molecule has 1 fully saturated rings. The molecule has 0 saturated carbocycles. The quantitative estimate of drug-likeness (QED) is 0.701. The van der Waals surface area contributed by atoms with E-state index in [-0.39, 0.29) is 24.4 Å². The molecule has 3 aromatic rings. The molecular weight excluding hydrogens is 361 g/mol. The number of hydrogen-bond donors (Lipinski definition) is 1. The first kappa shape index (κ1) is 18.8. The van der Waals surface area contributed by atoms with Crippen molar-refractivity contribution in [3.63, 3.8) is 0 Å². The average Bonchev–Trinajstić information content (AvgIpc) is 3.27. The Labute approximate surface area is 162 Å². The number of alkyl halides is 1. The maximum Gasteiger partial charge on any atom is 0.169 e. The summed E-state index contributed by atoms with van der Waals surface area (Å²) in [5.41, 5.74) is 6.69. The van der Waals surface area contributed by atoms with Gasteiger partial charge in [0.25, 0.3) is 0 Å². The number of fused-ring (bicyclic) bond motifs is 1. The van der Waals surface area contributed by atoms with Crippen molar-refractivity contribution in [1.82, 2.24) is 19.5 Å². The molecule has 148 valence electrons. The summed E-state index contributed by atoms with van der Waals surface area (Å²) in [6.45, 7) is 3.59. The predicted octanol–water partition coefficient (Wildman–Crippen LogP) is 3.28. The van der Waals surface area contributed by atoms with Crippen LogP contribution in [-0.2, 0) is 16.1 Å². The standard InChI is InChI=1S/C20H24FN5O2/c1-3-15-13(2)20(10-21,27-9-14-7-5-4-6-8-14)19(28-15)26-12-25-16-17(22)23-11-24-18(16)26/h4-8,11-13,15,19H,3,9-10H2,1-2H3,(H2,22,23,24)/t13-,15-,19-,20-/m1/s1. The van der Waals surface area contributed by atoms with E-state index in [0.717, 1.165) is 12.0 Å². The molecule has 8 heteroatoms. The zero-order valence-electron chi connectivity index (χ0n) is 16.0. The molecule has 28 heavy (non-hydrogen) atoms. The van der Waals surface area contributed by atoms with Crippen LogP contribution in [0.1, 0.15) is 32.1 Å². The van der Waals surface area contributed by atoms with Crippen LogP contribution in [0.25, 0.3) is 11.2 Å². The second-order valence-electron chi connectivity index (χ2n) is 7.17. The third-order valence-electron chi connectivity index (χ3n) is 5.65. The fraction of sp³-hybridized carbons (Fsp3) is 0.450. The fourth-order valence-electron chi connectivity index (χ4n) is 3.95. The molecule has 1 aliphatic rings. The van der Waals surface area contributed by atoms with E-state index in [4.69, 9.17) is 15.2 Å². The monoisotopic (exact) mass is 385 g/mol. The zero-order valence-corrected chi connectivity index (χ0v) is 16.0. The van der Waals surface area contributed by atoms with Crippen molar-refractivity contribution in [1.29, 1.82) is 0 Å². The molecule has 1 saturated heterocycles. The van der Waals surface area contributed by atoms with Crippen LogP contribution < -0.4 is 5.73 Å². The lowest BCUT2D eigenvalue weighted by Gasteiger charge is -2.35. The number of aromatic nitrogens is 4. The summed E-state index contributed by atoms with van der Waals surface area (Å²) in [4.78, 5) is 12.6. The van der Waals surface area contributed by atoms with E-state index >= 15 is 0 Å². The van der Waals surface area contributed by atoms with E-state index < -0.39 is 18.5 Å². The van der Waals surface area contributed by atoms with Gasteiger partial charge in [0.15, 0.2) is 17.7 Å². The van der Waals surface area contributed by atoms with Crippen LogP contribution in [-0.4, -0.2) is 37.9 Å². The van der Waals surface area contributed by atoms with Crippen molar-refractivity contribution in [2.45, 2.75) is 44.8 Å². The lowest BCUT2D eigenvalue weighted by molar-refractivity contribution is -0.151. The number of ether oxygens (including phenoxy) is 2. The molecule has 0 unspecified atom stereocenters. The third-order valence-corrected chi connectivity index (χ3v) is 5.65. The summed E-state index contributed by atoms with van der Waals surface area (Å²) in [6.07, 6.45) is 2.83. The first-order chi connectivity index (χ1) is 13.6. The van der Waals surface area contributed by atoms with Gasteiger partial charge in [-0.25, -0.2) is 19.3 Å². The molecule has 0 spiro atoms. The summed E-state index contributed by atoms with van der Waals surface area (Å²) in [7, 11) is 0. The lowest BCUT2D eigenvalue weighted by atomic mass is 9.86. The third kappa shape index (κ3) is 2.93. The van der Waals surface area contributed by atoms with E-state index in [1.165, 1.54) is 6.33 Å². The Bertz CT molecular complexity index is 950. The van der Waals surface area contributed by atoms with Crippen molar-refractivity contribution < 1.29 is 13.9 Å². The fourth-order valence-corrected chi connectivity index (χ4v) is 3.95. The van der Waals surface area contributed by atoms with Crippen LogP contribution >= 0.6 is 0 Å². The van der Waals surface area contributed by atoms with E-state index in [2.05, 4.69) is 15.0 Å². The highest BCUT2D eigenvalue weighted by Crippen LogP contribution is 2.47. The van der Waals surface area contributed by atoms with Gasteiger partial charge in [-0.2, -0.15) is 0 Å². The maximum atomic E-state index is 14.6. The minimum atomic E-state index is -1.16. The van der Waals surface area contributed by atoms with Crippen LogP contribution in [0.2, 0.25) is 0 Å². The van der Waals surface area contributed by atoms with Gasteiger partial charge in [-0.1, -0.05) is 44.2 Å². The van der Waals surface area contributed by atoms with Gasteiger partial charge in [0.1, 0.15) is 24.1 Å². The number of nitrogens with zero attached hydrogens (tertiary/aromatic N) is 4.